The van der Waals surface area contributed by atoms with Crippen LogP contribution in [0.15, 0.2) is 47.8 Å². The van der Waals surface area contributed by atoms with Gasteiger partial charge in [0, 0.05) is 16.4 Å². The van der Waals surface area contributed by atoms with Crippen LogP contribution in [0.1, 0.15) is 16.4 Å². The molecule has 7 heteroatoms. The molecule has 1 aromatic heterocycles. The zero-order chi connectivity index (χ0) is 17.3. The van der Waals surface area contributed by atoms with Gasteiger partial charge in [-0.15, -0.1) is 11.3 Å². The summed E-state index contributed by atoms with van der Waals surface area (Å²) in [5, 5.41) is 25.1. The molecule has 122 valence electrons. The summed E-state index contributed by atoms with van der Waals surface area (Å²) in [4.78, 5) is 25.0. The van der Waals surface area contributed by atoms with Gasteiger partial charge in [-0.1, -0.05) is 36.4 Å². The minimum absolute atomic E-state index is 0.384. The quantitative estimate of drug-likeness (QED) is 0.723. The fraction of sp³-hybridized carbons (Fsp3) is 0.235. The molecule has 6 nitrogen and oxygen atoms in total. The molecule has 2 heterocycles. The van der Waals surface area contributed by atoms with E-state index in [4.69, 9.17) is 5.73 Å². The number of carbonyl (C=O) groups is 2. The summed E-state index contributed by atoms with van der Waals surface area (Å²) in [5.41, 5.74) is 3.90. The van der Waals surface area contributed by atoms with Gasteiger partial charge in [0.25, 0.3) is 0 Å². The molecule has 2 amide bonds. The molecule has 0 radical (unpaired) electrons. The molecule has 3 rings (SSSR count). The van der Waals surface area contributed by atoms with Crippen molar-refractivity contribution in [3.8, 4) is 6.07 Å². The van der Waals surface area contributed by atoms with E-state index in [-0.39, 0.29) is 0 Å². The van der Waals surface area contributed by atoms with Crippen molar-refractivity contribution >= 4 is 23.2 Å². The molecule has 0 bridgehead atoms. The third-order valence-corrected chi connectivity index (χ3v) is 5.27. The molecule has 0 aliphatic carbocycles. The van der Waals surface area contributed by atoms with Gasteiger partial charge in [-0.25, -0.2) is 0 Å². The van der Waals surface area contributed by atoms with Crippen LogP contribution in [0, 0.1) is 23.2 Å². The van der Waals surface area contributed by atoms with Crippen LogP contribution in [-0.2, 0) is 15.3 Å². The molecule has 1 aromatic carbocycles. The summed E-state index contributed by atoms with van der Waals surface area (Å²) in [5.74, 6) is -4.59. The second-order valence-electron chi connectivity index (χ2n) is 5.65. The van der Waals surface area contributed by atoms with Gasteiger partial charge >= 0.3 is 0 Å². The predicted molar refractivity (Wildman–Crippen MR) is 87.3 cm³/mol. The fourth-order valence-electron chi connectivity index (χ4n) is 3.19. The number of benzene rings is 1. The van der Waals surface area contributed by atoms with Gasteiger partial charge in [0.15, 0.2) is 5.72 Å². The van der Waals surface area contributed by atoms with Gasteiger partial charge in [0.2, 0.25) is 11.8 Å². The van der Waals surface area contributed by atoms with Gasteiger partial charge in [-0.05, 0) is 11.4 Å². The van der Waals surface area contributed by atoms with E-state index in [1.54, 1.807) is 47.8 Å². The highest BCUT2D eigenvalue weighted by atomic mass is 32.1. The molecule has 0 spiro atoms. The summed E-state index contributed by atoms with van der Waals surface area (Å²) >= 11 is 1.32. The Balaban J connectivity index is 2.17. The van der Waals surface area contributed by atoms with Crippen LogP contribution in [0.3, 0.4) is 0 Å². The number of nitriles is 1. The average molecular weight is 341 g/mol. The number of nitrogens with two attached hydrogens (primary N) is 1. The van der Waals surface area contributed by atoms with E-state index in [1.165, 1.54) is 11.3 Å². The van der Waals surface area contributed by atoms with Crippen molar-refractivity contribution < 1.29 is 14.7 Å². The Hall–Kier alpha value is -2.69. The Labute approximate surface area is 142 Å². The third kappa shape index (κ3) is 2.46. The first kappa shape index (κ1) is 16.2. The summed E-state index contributed by atoms with van der Waals surface area (Å²) in [7, 11) is 0. The Morgan fingerprint density at radius 3 is 2.54 bits per heavy atom. The molecular weight excluding hydrogens is 326 g/mol. The molecule has 4 atom stereocenters. The summed E-state index contributed by atoms with van der Waals surface area (Å²) in [6, 6.07) is 14.0. The summed E-state index contributed by atoms with van der Waals surface area (Å²) in [6.45, 7) is 0. The zero-order valence-corrected chi connectivity index (χ0v) is 13.4. The number of hydrogen-bond donors (Lipinski definition) is 3. The lowest BCUT2D eigenvalue weighted by molar-refractivity contribution is -0.153. The van der Waals surface area contributed by atoms with Gasteiger partial charge in [0.1, 0.15) is 11.8 Å². The first-order valence-corrected chi connectivity index (χ1v) is 8.19. The molecule has 1 aliphatic rings. The maximum Gasteiger partial charge on any atom is 0.235 e. The largest absolute Gasteiger partial charge is 0.369 e. The number of thiophene rings is 1. The fourth-order valence-corrected chi connectivity index (χ4v) is 4.09. The number of piperidine rings is 1. The van der Waals surface area contributed by atoms with Crippen molar-refractivity contribution in [2.45, 2.75) is 11.6 Å². The number of rotatable bonds is 3. The number of nitrogens with zero attached hydrogens (tertiary/aromatic N) is 1. The van der Waals surface area contributed by atoms with Gasteiger partial charge < -0.3 is 16.2 Å². The minimum Gasteiger partial charge on any atom is -0.369 e. The molecular formula is C17H15N3O3S. The van der Waals surface area contributed by atoms with Crippen LogP contribution in [0.25, 0.3) is 0 Å². The second-order valence-corrected chi connectivity index (χ2v) is 6.63. The van der Waals surface area contributed by atoms with E-state index in [0.717, 1.165) is 0 Å². The first-order valence-electron chi connectivity index (χ1n) is 7.31. The monoisotopic (exact) mass is 341 g/mol. The molecule has 1 fully saturated rings. The number of primary amides is 1. The number of carbonyl (C=O) groups excluding carboxylic acids is 2. The maximum atomic E-state index is 12.5. The molecule has 1 saturated heterocycles. The van der Waals surface area contributed by atoms with Gasteiger partial charge in [-0.3, -0.25) is 9.59 Å². The number of hydrogen-bond acceptors (Lipinski definition) is 5. The highest BCUT2D eigenvalue weighted by molar-refractivity contribution is 7.10. The molecule has 24 heavy (non-hydrogen) atoms. The van der Waals surface area contributed by atoms with Crippen molar-refractivity contribution in [3.05, 3.63) is 58.3 Å². The lowest BCUT2D eigenvalue weighted by Gasteiger charge is -2.44. The minimum atomic E-state index is -1.90. The molecule has 2 aromatic rings. The number of nitrogens with one attached hydrogen (secondary N) is 1. The Kier molecular flexibility index (Phi) is 4.09. The van der Waals surface area contributed by atoms with Crippen LogP contribution in [0.2, 0.25) is 0 Å². The zero-order valence-electron chi connectivity index (χ0n) is 12.5. The first-order chi connectivity index (χ1) is 11.5. The van der Waals surface area contributed by atoms with E-state index < -0.39 is 35.3 Å². The predicted octanol–water partition coefficient (Wildman–Crippen LogP) is 1.05. The molecule has 4 N–H and O–H groups in total. The third-order valence-electron chi connectivity index (χ3n) is 4.30. The van der Waals surface area contributed by atoms with Crippen molar-refractivity contribution in [3.63, 3.8) is 0 Å². The topological polar surface area (TPSA) is 116 Å². The molecule has 0 saturated carbocycles. The Morgan fingerprint density at radius 1 is 1.29 bits per heavy atom. The van der Waals surface area contributed by atoms with E-state index in [9.17, 15) is 20.0 Å². The van der Waals surface area contributed by atoms with Gasteiger partial charge in [-0.2, -0.15) is 5.26 Å². The van der Waals surface area contributed by atoms with Crippen molar-refractivity contribution in [1.82, 2.24) is 5.32 Å². The van der Waals surface area contributed by atoms with Crippen molar-refractivity contribution in [2.75, 3.05) is 0 Å². The Bertz CT molecular complexity index is 800. The highest BCUT2D eigenvalue weighted by Gasteiger charge is 2.56. The maximum absolute atomic E-state index is 12.5. The van der Waals surface area contributed by atoms with Crippen molar-refractivity contribution in [1.29, 1.82) is 5.26 Å². The lowest BCUT2D eigenvalue weighted by atomic mass is 9.69. The van der Waals surface area contributed by atoms with Crippen LogP contribution in [0.4, 0.5) is 0 Å². The van der Waals surface area contributed by atoms with Crippen LogP contribution < -0.4 is 11.1 Å². The molecule has 0 unspecified atom stereocenters. The standard InChI is InChI=1S/C17H15N3O3S/c18-9-11-13(12-7-4-8-24-12)14(15(19)21)16(22)20-17(11,23)10-5-2-1-3-6-10/h1-8,11,13-14,23H,(H2,19,21)(H,20,22)/t11-,13-,14-,17+/m0/s1. The molecule has 1 aliphatic heterocycles. The number of amides is 2. The summed E-state index contributed by atoms with van der Waals surface area (Å²) in [6.07, 6.45) is 0. The van der Waals surface area contributed by atoms with E-state index >= 15 is 0 Å². The highest BCUT2D eigenvalue weighted by Crippen LogP contribution is 2.46. The van der Waals surface area contributed by atoms with Crippen LogP contribution in [0.5, 0.6) is 0 Å². The van der Waals surface area contributed by atoms with Crippen molar-refractivity contribution in [2.24, 2.45) is 17.6 Å². The number of aliphatic hydroxyl groups is 1. The normalized spacial score (nSPS) is 29.5. The second kappa shape index (κ2) is 6.07. The van der Waals surface area contributed by atoms with Crippen LogP contribution in [-0.4, -0.2) is 16.9 Å². The Morgan fingerprint density at radius 2 is 2.00 bits per heavy atom. The lowest BCUT2D eigenvalue weighted by Crippen LogP contribution is -2.62. The SMILES string of the molecule is N#C[C@H]1[C@@H](c2cccs2)[C@@H](C(N)=O)C(=O)N[C@@]1(O)c1ccccc1. The smallest absolute Gasteiger partial charge is 0.235 e. The van der Waals surface area contributed by atoms with Gasteiger partial charge in [0.05, 0.1) is 6.07 Å². The van der Waals surface area contributed by atoms with E-state index in [0.29, 0.717) is 10.4 Å². The van der Waals surface area contributed by atoms with Crippen LogP contribution >= 0.6 is 11.3 Å². The average Bonchev–Trinajstić information content (AvgIpc) is 3.08. The van der Waals surface area contributed by atoms with E-state index in [1.807, 2.05) is 0 Å². The summed E-state index contributed by atoms with van der Waals surface area (Å²) < 4.78 is 0. The van der Waals surface area contributed by atoms with E-state index in [2.05, 4.69) is 11.4 Å².